The van der Waals surface area contributed by atoms with Gasteiger partial charge in [-0.15, -0.1) is 10.2 Å². The zero-order valence-corrected chi connectivity index (χ0v) is 36.1. The molecule has 2 aromatic heterocycles. The van der Waals surface area contributed by atoms with Crippen LogP contribution in [0.2, 0.25) is 0 Å². The number of benzene rings is 2. The number of nitrogens with zero attached hydrogens (tertiary/aromatic N) is 6. The first kappa shape index (κ1) is 45.2. The van der Waals surface area contributed by atoms with Crippen molar-refractivity contribution in [3.8, 4) is 34.3 Å². The highest BCUT2D eigenvalue weighted by Gasteiger charge is 2.48. The number of aromatic hydroxyl groups is 1. The molecule has 18 nitrogen and oxygen atoms in total. The van der Waals surface area contributed by atoms with E-state index in [-0.39, 0.29) is 17.6 Å². The number of anilines is 2. The highest BCUT2D eigenvalue weighted by Crippen LogP contribution is 2.31. The number of ether oxygens (including phenoxy) is 3. The standard InChI is InChI=1S/C20H28N4O5S.C19H26N4O5S/c1-5-24-17(14-6-8-15(28-4)9-7-14)21-19(23-24)22-18(25)20(2,3)30(26,27)16-10-12-29-13-11-16;1-4-23-16(13-5-7-14(24)8-6-13)20-18(22-23)21-17(25)19(2,3)29(26,27)15-9-11-28-12-10-15/h6-9,16H,5,10-13H2,1-4H3,(H,22,23,25);5-8,15,24H,4,9-12H2,1-3H3,(H,21,22,25). The van der Waals surface area contributed by atoms with Gasteiger partial charge < -0.3 is 19.3 Å². The average molecular weight is 859 g/mol. The third-order valence-electron chi connectivity index (χ3n) is 10.6. The van der Waals surface area contributed by atoms with Crippen LogP contribution in [0.1, 0.15) is 67.2 Å². The minimum absolute atomic E-state index is 0.0372. The number of phenolic OH excluding ortho intramolecular Hbond substituents is 1. The number of hydrogen-bond donors (Lipinski definition) is 3. The molecule has 2 amide bonds. The summed E-state index contributed by atoms with van der Waals surface area (Å²) in [6.45, 7) is 12.0. The van der Waals surface area contributed by atoms with Crippen LogP contribution in [0, 0.1) is 0 Å². The number of methoxy groups -OCH3 is 1. The number of sulfone groups is 2. The van der Waals surface area contributed by atoms with Gasteiger partial charge in [0.2, 0.25) is 23.7 Å². The first-order chi connectivity index (χ1) is 27.9. The summed E-state index contributed by atoms with van der Waals surface area (Å²) in [5.41, 5.74) is 1.52. The SMILES string of the molecule is CCn1nc(NC(=O)C(C)(C)S(=O)(=O)C2CCOCC2)nc1-c1ccc(O)cc1.CCn1nc(NC(=O)C(C)(C)S(=O)(=O)C2CCOCC2)nc1-c1ccc(OC)cc1. The summed E-state index contributed by atoms with van der Waals surface area (Å²) in [4.78, 5) is 34.6. The minimum atomic E-state index is -3.73. The van der Waals surface area contributed by atoms with Crippen LogP contribution in [0.5, 0.6) is 11.5 Å². The van der Waals surface area contributed by atoms with Gasteiger partial charge in [-0.3, -0.25) is 20.2 Å². The van der Waals surface area contributed by atoms with Crippen LogP contribution < -0.4 is 15.4 Å². The normalized spacial score (nSPS) is 15.8. The Labute approximate surface area is 344 Å². The van der Waals surface area contributed by atoms with E-state index in [4.69, 9.17) is 14.2 Å². The summed E-state index contributed by atoms with van der Waals surface area (Å²) < 4.78 is 67.9. The van der Waals surface area contributed by atoms with Gasteiger partial charge in [-0.05, 0) is 116 Å². The summed E-state index contributed by atoms with van der Waals surface area (Å²) in [6.07, 6.45) is 1.55. The van der Waals surface area contributed by atoms with Crippen molar-refractivity contribution in [2.45, 2.75) is 100 Å². The van der Waals surface area contributed by atoms with Crippen molar-refractivity contribution >= 4 is 43.4 Å². The van der Waals surface area contributed by atoms with Gasteiger partial charge in [0.25, 0.3) is 0 Å². The third-order valence-corrected chi connectivity index (χ3v) is 16.5. The molecular weight excluding hydrogens is 805 g/mol. The molecule has 2 fully saturated rings. The Bertz CT molecular complexity index is 2290. The Balaban J connectivity index is 0.000000224. The molecule has 4 aromatic rings. The van der Waals surface area contributed by atoms with Crippen molar-refractivity contribution in [3.05, 3.63) is 48.5 Å². The van der Waals surface area contributed by atoms with E-state index in [2.05, 4.69) is 30.8 Å². The number of phenols is 1. The van der Waals surface area contributed by atoms with Crippen molar-refractivity contribution in [1.29, 1.82) is 0 Å². The van der Waals surface area contributed by atoms with E-state index in [1.165, 1.54) is 39.8 Å². The molecular formula is C39H54N8O10S2. The highest BCUT2D eigenvalue weighted by atomic mass is 32.2. The fourth-order valence-corrected chi connectivity index (χ4v) is 10.5. The quantitative estimate of drug-likeness (QED) is 0.170. The largest absolute Gasteiger partial charge is 0.508 e. The van der Waals surface area contributed by atoms with Gasteiger partial charge in [-0.2, -0.15) is 9.97 Å². The van der Waals surface area contributed by atoms with E-state index in [9.17, 15) is 31.5 Å². The number of carbonyl (C=O) groups is 2. The van der Waals surface area contributed by atoms with Crippen LogP contribution in [-0.4, -0.2) is 117 Å². The van der Waals surface area contributed by atoms with Crippen molar-refractivity contribution in [2.75, 3.05) is 44.2 Å². The highest BCUT2D eigenvalue weighted by molar-refractivity contribution is 7.94. The average Bonchev–Trinajstić information content (AvgIpc) is 3.85. The minimum Gasteiger partial charge on any atom is -0.508 e. The van der Waals surface area contributed by atoms with Gasteiger partial charge in [-0.25, -0.2) is 26.2 Å². The van der Waals surface area contributed by atoms with Crippen LogP contribution in [0.3, 0.4) is 0 Å². The number of aryl methyl sites for hydroxylation is 2. The predicted molar refractivity (Wildman–Crippen MR) is 221 cm³/mol. The van der Waals surface area contributed by atoms with Crippen molar-refractivity contribution in [2.24, 2.45) is 0 Å². The van der Waals surface area contributed by atoms with Gasteiger partial charge in [0.15, 0.2) is 31.3 Å². The van der Waals surface area contributed by atoms with Crippen LogP contribution in [0.4, 0.5) is 11.9 Å². The molecule has 0 saturated carbocycles. The molecule has 3 N–H and O–H groups in total. The molecule has 0 aliphatic carbocycles. The first-order valence-corrected chi connectivity index (χ1v) is 22.5. The van der Waals surface area contributed by atoms with Gasteiger partial charge in [0.05, 0.1) is 17.6 Å². The molecule has 0 unspecified atom stereocenters. The Kier molecular flexibility index (Phi) is 14.2. The number of aromatic nitrogens is 6. The second kappa shape index (κ2) is 18.6. The molecule has 6 rings (SSSR count). The van der Waals surface area contributed by atoms with Crippen LogP contribution in [0.25, 0.3) is 22.8 Å². The van der Waals surface area contributed by atoms with Crippen LogP contribution >= 0.6 is 0 Å². The molecule has 0 radical (unpaired) electrons. The molecule has 59 heavy (non-hydrogen) atoms. The summed E-state index contributed by atoms with van der Waals surface area (Å²) in [5.74, 6) is 0.712. The number of hydrogen-bond acceptors (Lipinski definition) is 14. The number of amides is 2. The number of rotatable bonds is 13. The molecule has 4 heterocycles. The summed E-state index contributed by atoms with van der Waals surface area (Å²) in [5, 5.41) is 22.0. The fourth-order valence-electron chi connectivity index (χ4n) is 6.58. The fraction of sp³-hybridized carbons (Fsp3) is 0.538. The smallest absolute Gasteiger partial charge is 0.249 e. The first-order valence-electron chi connectivity index (χ1n) is 19.5. The van der Waals surface area contributed by atoms with E-state index < -0.39 is 51.5 Å². The Morgan fingerprint density at radius 1 is 0.695 bits per heavy atom. The molecule has 2 aliphatic rings. The topological polar surface area (TPSA) is 236 Å². The Morgan fingerprint density at radius 2 is 1.05 bits per heavy atom. The van der Waals surface area contributed by atoms with E-state index in [1.54, 1.807) is 28.6 Å². The van der Waals surface area contributed by atoms with Crippen LogP contribution in [0.15, 0.2) is 48.5 Å². The molecule has 0 atom stereocenters. The van der Waals surface area contributed by atoms with E-state index in [1.807, 2.05) is 38.1 Å². The maximum Gasteiger partial charge on any atom is 0.249 e. The lowest BCUT2D eigenvalue weighted by Crippen LogP contribution is -2.50. The zero-order valence-electron chi connectivity index (χ0n) is 34.5. The lowest BCUT2D eigenvalue weighted by atomic mass is 10.2. The Morgan fingerprint density at radius 3 is 1.39 bits per heavy atom. The maximum absolute atomic E-state index is 13.1. The lowest BCUT2D eigenvalue weighted by molar-refractivity contribution is -0.118. The lowest BCUT2D eigenvalue weighted by Gasteiger charge is -2.30. The van der Waals surface area contributed by atoms with Gasteiger partial charge in [0.1, 0.15) is 21.0 Å². The molecule has 2 saturated heterocycles. The second-order valence-corrected chi connectivity index (χ2v) is 20.6. The van der Waals surface area contributed by atoms with E-state index in [0.717, 1.165) is 11.3 Å². The summed E-state index contributed by atoms with van der Waals surface area (Å²) in [6, 6.07) is 13.8. The summed E-state index contributed by atoms with van der Waals surface area (Å²) in [7, 11) is -5.86. The third kappa shape index (κ3) is 9.77. The van der Waals surface area contributed by atoms with Gasteiger partial charge >= 0.3 is 0 Å². The van der Waals surface area contributed by atoms with Crippen LogP contribution in [-0.2, 0) is 51.8 Å². The number of carbonyl (C=O) groups excluding carboxylic acids is 2. The van der Waals surface area contributed by atoms with Crippen molar-refractivity contribution in [3.63, 3.8) is 0 Å². The van der Waals surface area contributed by atoms with E-state index in [0.29, 0.717) is 82.4 Å². The van der Waals surface area contributed by atoms with E-state index >= 15 is 0 Å². The molecule has 2 aromatic carbocycles. The number of nitrogens with one attached hydrogen (secondary N) is 2. The molecule has 2 aliphatic heterocycles. The van der Waals surface area contributed by atoms with Crippen molar-refractivity contribution in [1.82, 2.24) is 29.5 Å². The predicted octanol–water partition coefficient (Wildman–Crippen LogP) is 4.27. The summed E-state index contributed by atoms with van der Waals surface area (Å²) >= 11 is 0. The Hall–Kier alpha value is -4.92. The molecule has 0 bridgehead atoms. The molecule has 322 valence electrons. The second-order valence-electron chi connectivity index (χ2n) is 15.1. The van der Waals surface area contributed by atoms with Gasteiger partial charge in [0, 0.05) is 50.6 Å². The van der Waals surface area contributed by atoms with Crippen molar-refractivity contribution < 1.29 is 45.7 Å². The molecule has 20 heteroatoms. The zero-order chi connectivity index (χ0) is 43.2. The molecule has 0 spiro atoms. The monoisotopic (exact) mass is 858 g/mol. The van der Waals surface area contributed by atoms with Gasteiger partial charge in [-0.1, -0.05) is 0 Å². The maximum atomic E-state index is 13.1.